The number of aromatic nitrogens is 1. The molecule has 10 heteroatoms. The smallest absolute Gasteiger partial charge is 0.167 e. The maximum Gasteiger partial charge on any atom is 0.167 e. The van der Waals surface area contributed by atoms with Crippen LogP contribution in [0.3, 0.4) is 0 Å². The fourth-order valence-electron chi connectivity index (χ4n) is 6.88. The Kier molecular flexibility index (Phi) is 8.52. The van der Waals surface area contributed by atoms with Gasteiger partial charge in [0.15, 0.2) is 23.3 Å². The molecule has 1 aliphatic heterocycles. The number of hydrogen-bond acceptors (Lipinski definition) is 3. The van der Waals surface area contributed by atoms with Crippen LogP contribution >= 0.6 is 22.7 Å². The Morgan fingerprint density at radius 2 is 1.19 bits per heavy atom. The van der Waals surface area contributed by atoms with Gasteiger partial charge in [0.1, 0.15) is 11.6 Å². The molecule has 0 radical (unpaired) electrons. The molecule has 0 saturated carbocycles. The molecular formula is C42H30F6N2S2. The maximum absolute atomic E-state index is 14.9. The fraction of sp³-hybridized carbons (Fsp3) is 0.143. The second-order valence-electron chi connectivity index (χ2n) is 13.2. The van der Waals surface area contributed by atoms with Gasteiger partial charge < -0.3 is 10.3 Å². The van der Waals surface area contributed by atoms with Gasteiger partial charge in [0.05, 0.1) is 0 Å². The largest absolute Gasteiger partial charge is 0.354 e. The molecule has 1 saturated heterocycles. The van der Waals surface area contributed by atoms with E-state index in [1.165, 1.54) is 43.4 Å². The number of thiophene rings is 2. The predicted molar refractivity (Wildman–Crippen MR) is 202 cm³/mol. The van der Waals surface area contributed by atoms with Crippen molar-refractivity contribution in [3.8, 4) is 20.9 Å². The molecule has 262 valence electrons. The van der Waals surface area contributed by atoms with Crippen molar-refractivity contribution in [3.63, 3.8) is 0 Å². The minimum Gasteiger partial charge on any atom is -0.354 e. The summed E-state index contributed by atoms with van der Waals surface area (Å²) >= 11 is 3.00. The molecule has 1 fully saturated rings. The number of fused-ring (bicyclic) bond motifs is 3. The van der Waals surface area contributed by atoms with Crippen molar-refractivity contribution in [1.82, 2.24) is 10.3 Å². The molecule has 1 unspecified atom stereocenters. The molecule has 0 aliphatic carbocycles. The zero-order valence-electron chi connectivity index (χ0n) is 28.4. The first-order chi connectivity index (χ1) is 24.9. The monoisotopic (exact) mass is 740 g/mol. The van der Waals surface area contributed by atoms with Gasteiger partial charge in [-0.1, -0.05) is 24.3 Å². The molecule has 4 heterocycles. The Labute approximate surface area is 303 Å². The Hall–Kier alpha value is -4.90. The Morgan fingerprint density at radius 1 is 0.615 bits per heavy atom. The first-order valence-electron chi connectivity index (χ1n) is 16.6. The molecule has 52 heavy (non-hydrogen) atoms. The van der Waals surface area contributed by atoms with E-state index >= 15 is 0 Å². The van der Waals surface area contributed by atoms with Crippen LogP contribution in [-0.2, 0) is 0 Å². The summed E-state index contributed by atoms with van der Waals surface area (Å²) in [5.41, 5.74) is 4.56. The van der Waals surface area contributed by atoms with Gasteiger partial charge >= 0.3 is 0 Å². The van der Waals surface area contributed by atoms with Crippen LogP contribution in [-0.4, -0.2) is 17.6 Å². The molecule has 8 rings (SSSR count). The predicted octanol–water partition coefficient (Wildman–Crippen LogP) is 12.6. The van der Waals surface area contributed by atoms with Crippen molar-refractivity contribution < 1.29 is 26.3 Å². The van der Waals surface area contributed by atoms with Gasteiger partial charge in [0.25, 0.3) is 0 Å². The summed E-state index contributed by atoms with van der Waals surface area (Å²) < 4.78 is 87.3. The van der Waals surface area contributed by atoms with Crippen LogP contribution in [0, 0.1) is 55.7 Å². The highest BCUT2D eigenvalue weighted by Crippen LogP contribution is 2.39. The zero-order valence-corrected chi connectivity index (χ0v) is 30.0. The summed E-state index contributed by atoms with van der Waals surface area (Å²) in [6, 6.07) is 20.6. The maximum atomic E-state index is 14.9. The standard InChI is InChI=1S/C42H30F6N2S2/c1-19(37-21(3)39(45)22(4)40(46)42(37)48)13-25-7-11-35(51-25)23-5-9-27-28-10-6-24(15-33(28)50-32(27)14-23)36-12-8-26(52-36)16-29(34-18-49-34)38-20(2)30(43)17-31(44)41(38)47/h5-17,34,49-50H,18H2,1-4H3/b19-13+,29-16+. The van der Waals surface area contributed by atoms with Crippen LogP contribution < -0.4 is 5.32 Å². The van der Waals surface area contributed by atoms with Crippen LogP contribution in [0.25, 0.3) is 66.0 Å². The molecule has 7 aromatic rings. The number of H-pyrrole nitrogens is 1. The van der Waals surface area contributed by atoms with Crippen molar-refractivity contribution >= 4 is 67.8 Å². The third-order valence-electron chi connectivity index (χ3n) is 9.74. The lowest BCUT2D eigenvalue weighted by Crippen LogP contribution is -2.06. The number of aromatic amines is 1. The number of nitrogens with one attached hydrogen (secondary N) is 2. The van der Waals surface area contributed by atoms with Crippen LogP contribution in [0.5, 0.6) is 0 Å². The highest BCUT2D eigenvalue weighted by molar-refractivity contribution is 7.16. The van der Waals surface area contributed by atoms with E-state index in [1.54, 1.807) is 19.1 Å². The third kappa shape index (κ3) is 5.88. The minimum atomic E-state index is -1.21. The topological polar surface area (TPSA) is 37.7 Å². The van der Waals surface area contributed by atoms with Crippen LogP contribution in [0.4, 0.5) is 26.3 Å². The second-order valence-corrected chi connectivity index (χ2v) is 15.4. The first-order valence-corrected chi connectivity index (χ1v) is 18.2. The third-order valence-corrected chi connectivity index (χ3v) is 11.9. The highest BCUT2D eigenvalue weighted by atomic mass is 32.1. The number of benzene rings is 4. The second kappa shape index (κ2) is 12.9. The van der Waals surface area contributed by atoms with Gasteiger partial charge in [0.2, 0.25) is 0 Å². The van der Waals surface area contributed by atoms with E-state index in [1.807, 2.05) is 30.3 Å². The zero-order chi connectivity index (χ0) is 36.6. The normalized spacial score (nSPS) is 15.0. The van der Waals surface area contributed by atoms with Gasteiger partial charge in [-0.05, 0) is 110 Å². The van der Waals surface area contributed by atoms with Crippen molar-refractivity contribution in [2.75, 3.05) is 6.54 Å². The molecule has 0 amide bonds. The van der Waals surface area contributed by atoms with E-state index in [9.17, 15) is 26.3 Å². The number of hydrogen-bond donors (Lipinski definition) is 2. The first kappa shape index (κ1) is 34.2. The molecule has 0 spiro atoms. The van der Waals surface area contributed by atoms with Gasteiger partial charge in [-0.2, -0.15) is 0 Å². The van der Waals surface area contributed by atoms with E-state index in [4.69, 9.17) is 0 Å². The van der Waals surface area contributed by atoms with E-state index in [0.717, 1.165) is 52.4 Å². The summed E-state index contributed by atoms with van der Waals surface area (Å²) in [6.07, 6.45) is 3.55. The van der Waals surface area contributed by atoms with Crippen LogP contribution in [0.1, 0.15) is 44.5 Å². The summed E-state index contributed by atoms with van der Waals surface area (Å²) in [4.78, 5) is 7.17. The fourth-order valence-corrected chi connectivity index (χ4v) is 8.84. The quantitative estimate of drug-likeness (QED) is 0.0953. The van der Waals surface area contributed by atoms with Crippen molar-refractivity contribution in [1.29, 1.82) is 0 Å². The number of halogens is 6. The van der Waals surface area contributed by atoms with Gasteiger partial charge in [-0.3, -0.25) is 0 Å². The van der Waals surface area contributed by atoms with Gasteiger partial charge in [-0.25, -0.2) is 26.3 Å². The number of rotatable bonds is 7. The lowest BCUT2D eigenvalue weighted by atomic mass is 9.96. The van der Waals surface area contributed by atoms with E-state index in [2.05, 4.69) is 40.6 Å². The Morgan fingerprint density at radius 3 is 1.77 bits per heavy atom. The molecule has 3 aromatic heterocycles. The van der Waals surface area contributed by atoms with Gasteiger partial charge in [0, 0.05) is 76.7 Å². The number of allylic oxidation sites excluding steroid dienone is 1. The molecule has 1 atom stereocenters. The molecule has 1 aliphatic rings. The molecule has 4 aromatic carbocycles. The highest BCUT2D eigenvalue weighted by Gasteiger charge is 2.31. The summed E-state index contributed by atoms with van der Waals surface area (Å²) in [7, 11) is 0. The SMILES string of the molecule is C/C(=C\c1ccc(-c2ccc3c(c2)[nH]c2cc(-c4ccc(/C=C(/c5c(C)c(F)cc(F)c5F)C5CN5)s4)ccc23)s1)c1c(C)c(F)c(C)c(F)c1F. The molecule has 2 N–H and O–H groups in total. The van der Waals surface area contributed by atoms with Crippen molar-refractivity contribution in [3.05, 3.63) is 139 Å². The summed E-state index contributed by atoms with van der Waals surface area (Å²) in [5.74, 6) is -5.99. The molecule has 0 bridgehead atoms. The Balaban J connectivity index is 1.08. The van der Waals surface area contributed by atoms with Crippen LogP contribution in [0.15, 0.2) is 66.7 Å². The van der Waals surface area contributed by atoms with E-state index < -0.39 is 34.9 Å². The summed E-state index contributed by atoms with van der Waals surface area (Å²) in [6.45, 7) is 6.40. The van der Waals surface area contributed by atoms with Crippen LogP contribution in [0.2, 0.25) is 0 Å². The molecule has 2 nitrogen and oxygen atoms in total. The van der Waals surface area contributed by atoms with Crippen molar-refractivity contribution in [2.24, 2.45) is 0 Å². The lowest BCUT2D eigenvalue weighted by molar-refractivity contribution is 0.481. The Bertz CT molecular complexity index is 2600. The summed E-state index contributed by atoms with van der Waals surface area (Å²) in [5, 5.41) is 5.26. The van der Waals surface area contributed by atoms with Gasteiger partial charge in [-0.15, -0.1) is 22.7 Å². The van der Waals surface area contributed by atoms with E-state index in [-0.39, 0.29) is 33.9 Å². The molecular weight excluding hydrogens is 711 g/mol. The average Bonchev–Trinajstić information content (AvgIpc) is 3.49. The minimum absolute atomic E-state index is 0.0345. The van der Waals surface area contributed by atoms with Crippen molar-refractivity contribution in [2.45, 2.75) is 33.7 Å². The van der Waals surface area contributed by atoms with E-state index in [0.29, 0.717) is 23.8 Å². The lowest BCUT2D eigenvalue weighted by Gasteiger charge is -2.12. The average molecular weight is 741 g/mol.